The van der Waals surface area contributed by atoms with Gasteiger partial charge in [-0.05, 0) is 50.0 Å². The van der Waals surface area contributed by atoms with Crippen LogP contribution in [0.15, 0.2) is 60.7 Å². The quantitative estimate of drug-likeness (QED) is 0.401. The molecule has 0 unspecified atom stereocenters. The predicted molar refractivity (Wildman–Crippen MR) is 121 cm³/mol. The Balaban J connectivity index is 1.96. The summed E-state index contributed by atoms with van der Waals surface area (Å²) in [4.78, 5) is 0. The maximum absolute atomic E-state index is 6.64. The smallest absolute Gasteiger partial charge is 0.195 e. The number of hydrogen-bond donors (Lipinski definition) is 0. The largest absolute Gasteiger partial charge is 0.392 e. The van der Waals surface area contributed by atoms with Crippen LogP contribution in [0, 0.1) is 0 Å². The van der Waals surface area contributed by atoms with Gasteiger partial charge in [0.25, 0.3) is 0 Å². The zero-order valence-corrected chi connectivity index (χ0v) is 20.2. The van der Waals surface area contributed by atoms with Crippen LogP contribution in [0.4, 0.5) is 0 Å². The minimum Gasteiger partial charge on any atom is -0.392 e. The van der Waals surface area contributed by atoms with Crippen LogP contribution in [0.25, 0.3) is 0 Å². The van der Waals surface area contributed by atoms with Crippen molar-refractivity contribution in [1.82, 2.24) is 0 Å². The van der Waals surface area contributed by atoms with Crippen molar-refractivity contribution in [2.24, 2.45) is 0 Å². The predicted octanol–water partition coefficient (Wildman–Crippen LogP) is 6.49. The van der Waals surface area contributed by atoms with E-state index in [1.54, 1.807) is 0 Å². The van der Waals surface area contributed by atoms with Gasteiger partial charge in [0, 0.05) is 0 Å². The van der Waals surface area contributed by atoms with E-state index >= 15 is 0 Å². The monoisotopic (exact) mass is 412 g/mol. The molecule has 3 rings (SSSR count). The molecule has 0 aromatic heterocycles. The number of rotatable bonds is 6. The van der Waals surface area contributed by atoms with E-state index in [1.807, 2.05) is 19.1 Å². The molecule has 4 heteroatoms. The zero-order chi connectivity index (χ0) is 21.5. The summed E-state index contributed by atoms with van der Waals surface area (Å²) in [6, 6.07) is 20.8. The van der Waals surface area contributed by atoms with Crippen LogP contribution in [-0.2, 0) is 19.5 Å². The summed E-state index contributed by atoms with van der Waals surface area (Å²) in [5.74, 6) is 0. The minimum absolute atomic E-state index is 0.131. The van der Waals surface area contributed by atoms with Crippen LogP contribution in [0.3, 0.4) is 0 Å². The summed E-state index contributed by atoms with van der Waals surface area (Å²) in [6.07, 6.45) is -0.476. The van der Waals surface area contributed by atoms with Crippen LogP contribution >= 0.6 is 0 Å². The molecule has 1 fully saturated rings. The Hall–Kier alpha value is -1.46. The fourth-order valence-corrected chi connectivity index (χ4v) is 5.22. The van der Waals surface area contributed by atoms with Gasteiger partial charge in [0.2, 0.25) is 0 Å². The highest BCUT2D eigenvalue weighted by molar-refractivity contribution is 6.74. The van der Waals surface area contributed by atoms with Gasteiger partial charge in [-0.25, -0.2) is 0 Å². The fraction of sp³-hybridized carbons (Fsp3) is 0.520. The van der Waals surface area contributed by atoms with Crippen molar-refractivity contribution >= 4 is 8.32 Å². The van der Waals surface area contributed by atoms with Crippen LogP contribution < -0.4 is 0 Å². The third-order valence-corrected chi connectivity index (χ3v) is 11.0. The maximum Gasteiger partial charge on any atom is 0.195 e. The Labute approximate surface area is 177 Å². The molecule has 1 aliphatic rings. The molecular formula is C25H36O3Si. The first kappa shape index (κ1) is 22.2. The SMILES string of the molecule is C[C@@H](O[C@@H]1C(C)(C)OC1(c1ccccc1)c1ccccc1)O[Si](C)(C)C(C)(C)C. The van der Waals surface area contributed by atoms with Gasteiger partial charge >= 0.3 is 0 Å². The van der Waals surface area contributed by atoms with Gasteiger partial charge in [-0.1, -0.05) is 81.4 Å². The van der Waals surface area contributed by atoms with E-state index in [-0.39, 0.29) is 17.4 Å². The number of benzene rings is 2. The highest BCUT2D eigenvalue weighted by Crippen LogP contribution is 2.54. The molecule has 1 heterocycles. The zero-order valence-electron chi connectivity index (χ0n) is 19.2. The van der Waals surface area contributed by atoms with E-state index in [0.717, 1.165) is 11.1 Å². The van der Waals surface area contributed by atoms with Crippen molar-refractivity contribution in [2.75, 3.05) is 0 Å². The van der Waals surface area contributed by atoms with Crippen LogP contribution in [0.5, 0.6) is 0 Å². The molecule has 0 spiro atoms. The van der Waals surface area contributed by atoms with Crippen LogP contribution in [-0.4, -0.2) is 26.3 Å². The Kier molecular flexibility index (Phi) is 5.87. The van der Waals surface area contributed by atoms with Crippen molar-refractivity contribution in [3.63, 3.8) is 0 Å². The van der Waals surface area contributed by atoms with E-state index in [2.05, 4.69) is 96.2 Å². The molecule has 0 N–H and O–H groups in total. The molecule has 2 atom stereocenters. The highest BCUT2D eigenvalue weighted by Gasteiger charge is 2.64. The molecule has 1 saturated heterocycles. The van der Waals surface area contributed by atoms with Crippen molar-refractivity contribution in [1.29, 1.82) is 0 Å². The Morgan fingerprint density at radius 3 is 1.72 bits per heavy atom. The third-order valence-electron chi connectivity index (χ3n) is 6.42. The van der Waals surface area contributed by atoms with Crippen LogP contribution in [0.1, 0.15) is 52.7 Å². The molecule has 29 heavy (non-hydrogen) atoms. The van der Waals surface area contributed by atoms with E-state index in [4.69, 9.17) is 13.9 Å². The summed E-state index contributed by atoms with van der Waals surface area (Å²) in [5, 5.41) is 0.131. The van der Waals surface area contributed by atoms with Gasteiger partial charge in [-0.2, -0.15) is 0 Å². The first-order valence-electron chi connectivity index (χ1n) is 10.5. The van der Waals surface area contributed by atoms with E-state index in [0.29, 0.717) is 0 Å². The summed E-state index contributed by atoms with van der Waals surface area (Å²) in [5.41, 5.74) is 1.15. The molecule has 2 aromatic carbocycles. The molecule has 0 aliphatic carbocycles. The van der Waals surface area contributed by atoms with Crippen molar-refractivity contribution in [3.8, 4) is 0 Å². The average molecular weight is 413 g/mol. The van der Waals surface area contributed by atoms with Crippen molar-refractivity contribution < 1.29 is 13.9 Å². The molecule has 3 nitrogen and oxygen atoms in total. The summed E-state index contributed by atoms with van der Waals surface area (Å²) in [6.45, 7) is 17.5. The highest BCUT2D eigenvalue weighted by atomic mass is 28.4. The Morgan fingerprint density at radius 2 is 1.34 bits per heavy atom. The van der Waals surface area contributed by atoms with Gasteiger partial charge in [-0.3, -0.25) is 0 Å². The Bertz CT molecular complexity index is 769. The molecule has 0 bridgehead atoms. The Morgan fingerprint density at radius 1 is 0.897 bits per heavy atom. The first-order chi connectivity index (χ1) is 13.4. The van der Waals surface area contributed by atoms with Gasteiger partial charge in [0.05, 0.1) is 5.60 Å². The molecule has 2 aromatic rings. The van der Waals surface area contributed by atoms with Crippen molar-refractivity contribution in [3.05, 3.63) is 71.8 Å². The maximum atomic E-state index is 6.64. The molecule has 0 saturated carbocycles. The molecular weight excluding hydrogens is 376 g/mol. The van der Waals surface area contributed by atoms with Gasteiger partial charge in [-0.15, -0.1) is 0 Å². The normalized spacial score (nSPS) is 22.0. The molecule has 0 amide bonds. The molecule has 0 radical (unpaired) electrons. The summed E-state index contributed by atoms with van der Waals surface area (Å²) >= 11 is 0. The minimum atomic E-state index is -1.94. The fourth-order valence-electron chi connectivity index (χ4n) is 3.98. The third kappa shape index (κ3) is 4.09. The summed E-state index contributed by atoms with van der Waals surface area (Å²) in [7, 11) is -1.94. The molecule has 1 aliphatic heterocycles. The van der Waals surface area contributed by atoms with Crippen LogP contribution in [0.2, 0.25) is 18.1 Å². The topological polar surface area (TPSA) is 27.7 Å². The number of ether oxygens (including phenoxy) is 2. The lowest BCUT2D eigenvalue weighted by atomic mass is 9.69. The standard InChI is InChI=1S/C25H36O3Si/c1-19(27-29(7,8)23(2,3)4)26-22-24(5,6)28-25(22,20-15-11-9-12-16-20)21-17-13-10-14-18-21/h9-19,22H,1-8H3/t19-,22+/m0/s1. The number of hydrogen-bond acceptors (Lipinski definition) is 3. The van der Waals surface area contributed by atoms with Crippen molar-refractivity contribution in [2.45, 2.75) is 83.3 Å². The second kappa shape index (κ2) is 7.66. The molecule has 158 valence electrons. The second-order valence-electron chi connectivity index (χ2n) is 10.1. The van der Waals surface area contributed by atoms with Gasteiger partial charge < -0.3 is 13.9 Å². The van der Waals surface area contributed by atoms with E-state index in [1.165, 1.54) is 0 Å². The lowest BCUT2D eigenvalue weighted by molar-refractivity contribution is -0.358. The lowest BCUT2D eigenvalue weighted by Gasteiger charge is -2.60. The first-order valence-corrected chi connectivity index (χ1v) is 13.5. The van der Waals surface area contributed by atoms with Gasteiger partial charge in [0.15, 0.2) is 8.32 Å². The lowest BCUT2D eigenvalue weighted by Crippen LogP contribution is -2.70. The van der Waals surface area contributed by atoms with E-state index < -0.39 is 19.5 Å². The summed E-state index contributed by atoms with van der Waals surface area (Å²) < 4.78 is 19.8. The average Bonchev–Trinajstić information content (AvgIpc) is 2.64. The second-order valence-corrected chi connectivity index (χ2v) is 14.9. The van der Waals surface area contributed by atoms with Gasteiger partial charge in [0.1, 0.15) is 18.0 Å². The van der Waals surface area contributed by atoms with E-state index in [9.17, 15) is 0 Å².